The summed E-state index contributed by atoms with van der Waals surface area (Å²) in [6.45, 7) is 7.80. The number of carbonyl (C=O) groups is 3. The van der Waals surface area contributed by atoms with E-state index < -0.39 is 23.7 Å². The largest absolute Gasteiger partial charge is 0.465 e. The molecule has 1 aromatic carbocycles. The van der Waals surface area contributed by atoms with Gasteiger partial charge in [-0.1, -0.05) is 12.1 Å². The third kappa shape index (κ3) is 5.71. The topological polar surface area (TPSA) is 84.9 Å². The number of methoxy groups -OCH3 is 1. The van der Waals surface area contributed by atoms with Crippen LogP contribution in [0.4, 0.5) is 4.79 Å². The molecular weight excluding hydrogens is 360 g/mol. The lowest BCUT2D eigenvalue weighted by atomic mass is 10.0. The number of carbonyl (C=O) groups excluding carboxylic acids is 3. The molecule has 1 heterocycles. The third-order valence-electron chi connectivity index (χ3n) is 4.62. The number of rotatable bonds is 4. The first-order chi connectivity index (χ1) is 13.1. The van der Waals surface area contributed by atoms with Gasteiger partial charge < -0.3 is 14.8 Å². The summed E-state index contributed by atoms with van der Waals surface area (Å²) >= 11 is 0. The predicted molar refractivity (Wildman–Crippen MR) is 105 cm³/mol. The molecule has 2 amide bonds. The first kappa shape index (κ1) is 21.7. The van der Waals surface area contributed by atoms with E-state index in [9.17, 15) is 14.4 Å². The molecule has 0 bridgehead atoms. The number of likely N-dealkylation sites (tertiary alicyclic amines) is 1. The molecule has 1 aliphatic heterocycles. The molecule has 0 radical (unpaired) electrons. The molecule has 1 saturated heterocycles. The van der Waals surface area contributed by atoms with Crippen molar-refractivity contribution in [1.82, 2.24) is 10.2 Å². The number of piperidine rings is 1. The molecule has 2 atom stereocenters. The molecule has 1 N–H and O–H groups in total. The molecular formula is C21H30N2O5. The average Bonchev–Trinajstić information content (AvgIpc) is 2.66. The van der Waals surface area contributed by atoms with E-state index in [1.807, 2.05) is 27.7 Å². The lowest BCUT2D eigenvalue weighted by molar-refractivity contribution is -0.128. The number of amides is 2. The molecule has 7 nitrogen and oxygen atoms in total. The van der Waals surface area contributed by atoms with E-state index in [1.54, 1.807) is 24.3 Å². The van der Waals surface area contributed by atoms with Crippen LogP contribution in [0.25, 0.3) is 0 Å². The van der Waals surface area contributed by atoms with Gasteiger partial charge in [-0.15, -0.1) is 0 Å². The highest BCUT2D eigenvalue weighted by Gasteiger charge is 2.35. The van der Waals surface area contributed by atoms with Gasteiger partial charge in [-0.05, 0) is 64.7 Å². The van der Waals surface area contributed by atoms with Crippen LogP contribution in [0.3, 0.4) is 0 Å². The van der Waals surface area contributed by atoms with Crippen LogP contribution in [0, 0.1) is 0 Å². The van der Waals surface area contributed by atoms with Gasteiger partial charge in [-0.3, -0.25) is 9.69 Å². The summed E-state index contributed by atoms with van der Waals surface area (Å²) < 4.78 is 10.1. The summed E-state index contributed by atoms with van der Waals surface area (Å²) in [5.74, 6) is -0.603. The number of hydrogen-bond acceptors (Lipinski definition) is 5. The van der Waals surface area contributed by atoms with E-state index in [4.69, 9.17) is 9.47 Å². The Bertz CT molecular complexity index is 709. The number of nitrogens with one attached hydrogen (secondary N) is 1. The van der Waals surface area contributed by atoms with E-state index in [1.165, 1.54) is 12.0 Å². The van der Waals surface area contributed by atoms with Crippen LogP contribution in [0.1, 0.15) is 68.9 Å². The highest BCUT2D eigenvalue weighted by molar-refractivity contribution is 5.89. The van der Waals surface area contributed by atoms with E-state index in [0.717, 1.165) is 18.4 Å². The second-order valence-electron chi connectivity index (χ2n) is 8.03. The van der Waals surface area contributed by atoms with Gasteiger partial charge in [0.1, 0.15) is 11.6 Å². The van der Waals surface area contributed by atoms with E-state index in [-0.39, 0.29) is 11.9 Å². The SMILES string of the molecule is COC(=O)c1ccc([C@H](C)NC(=O)[C@@H]2CCCCN2C(=O)OC(C)(C)C)cc1. The van der Waals surface area contributed by atoms with Crippen molar-refractivity contribution in [3.8, 4) is 0 Å². The van der Waals surface area contributed by atoms with Crippen molar-refractivity contribution in [3.63, 3.8) is 0 Å². The zero-order chi connectivity index (χ0) is 20.9. The van der Waals surface area contributed by atoms with Crippen LogP contribution in [0.2, 0.25) is 0 Å². The fraction of sp³-hybridized carbons (Fsp3) is 0.571. The maximum Gasteiger partial charge on any atom is 0.410 e. The van der Waals surface area contributed by atoms with Gasteiger partial charge in [-0.2, -0.15) is 0 Å². The van der Waals surface area contributed by atoms with Gasteiger partial charge in [0.25, 0.3) is 0 Å². The smallest absolute Gasteiger partial charge is 0.410 e. The van der Waals surface area contributed by atoms with E-state index >= 15 is 0 Å². The normalized spacial score (nSPS) is 18.2. The Labute approximate surface area is 166 Å². The van der Waals surface area contributed by atoms with Gasteiger partial charge in [0.15, 0.2) is 0 Å². The van der Waals surface area contributed by atoms with Crippen LogP contribution < -0.4 is 5.32 Å². The van der Waals surface area contributed by atoms with Crippen molar-refractivity contribution >= 4 is 18.0 Å². The summed E-state index contributed by atoms with van der Waals surface area (Å²) in [6.07, 6.45) is 1.90. The van der Waals surface area contributed by atoms with E-state index in [2.05, 4.69) is 5.32 Å². The standard InChI is InChI=1S/C21H30N2O5/c1-14(15-9-11-16(12-10-15)19(25)27-5)22-18(24)17-8-6-7-13-23(17)20(26)28-21(2,3)4/h9-12,14,17H,6-8,13H2,1-5H3,(H,22,24)/t14-,17-/m0/s1. The third-order valence-corrected chi connectivity index (χ3v) is 4.62. The zero-order valence-corrected chi connectivity index (χ0v) is 17.3. The van der Waals surface area contributed by atoms with E-state index in [0.29, 0.717) is 18.5 Å². The summed E-state index contributed by atoms with van der Waals surface area (Å²) in [5.41, 5.74) is 0.707. The Morgan fingerprint density at radius 2 is 1.79 bits per heavy atom. The Balaban J connectivity index is 2.04. The van der Waals surface area contributed by atoms with Gasteiger partial charge in [0.05, 0.1) is 18.7 Å². The van der Waals surface area contributed by atoms with Crippen molar-refractivity contribution < 1.29 is 23.9 Å². The molecule has 1 aromatic rings. The second-order valence-corrected chi connectivity index (χ2v) is 8.03. The molecule has 0 aromatic heterocycles. The Hall–Kier alpha value is -2.57. The minimum atomic E-state index is -0.607. The molecule has 28 heavy (non-hydrogen) atoms. The van der Waals surface area contributed by atoms with Crippen LogP contribution in [0.15, 0.2) is 24.3 Å². The molecule has 0 unspecified atom stereocenters. The number of benzene rings is 1. The fourth-order valence-electron chi connectivity index (χ4n) is 3.16. The number of ether oxygens (including phenoxy) is 2. The van der Waals surface area contributed by atoms with Gasteiger partial charge >= 0.3 is 12.1 Å². The van der Waals surface area contributed by atoms with Crippen molar-refractivity contribution in [2.45, 2.75) is 64.6 Å². The molecule has 0 spiro atoms. The van der Waals surface area contributed by atoms with Crippen molar-refractivity contribution in [2.75, 3.05) is 13.7 Å². The Morgan fingerprint density at radius 3 is 2.36 bits per heavy atom. The highest BCUT2D eigenvalue weighted by atomic mass is 16.6. The van der Waals surface area contributed by atoms with Crippen LogP contribution in [-0.2, 0) is 14.3 Å². The highest BCUT2D eigenvalue weighted by Crippen LogP contribution is 2.22. The summed E-state index contributed by atoms with van der Waals surface area (Å²) in [4.78, 5) is 38.4. The van der Waals surface area contributed by atoms with Crippen LogP contribution in [-0.4, -0.2) is 48.2 Å². The van der Waals surface area contributed by atoms with Crippen molar-refractivity contribution in [2.24, 2.45) is 0 Å². The van der Waals surface area contributed by atoms with Crippen LogP contribution >= 0.6 is 0 Å². The molecule has 7 heteroatoms. The number of hydrogen-bond donors (Lipinski definition) is 1. The fourth-order valence-corrected chi connectivity index (χ4v) is 3.16. The quantitative estimate of drug-likeness (QED) is 0.796. The maximum absolute atomic E-state index is 12.8. The molecule has 1 aliphatic rings. The monoisotopic (exact) mass is 390 g/mol. The zero-order valence-electron chi connectivity index (χ0n) is 17.3. The van der Waals surface area contributed by atoms with Crippen molar-refractivity contribution in [3.05, 3.63) is 35.4 Å². The summed E-state index contributed by atoms with van der Waals surface area (Å²) in [6, 6.07) is 6.09. The number of esters is 1. The van der Waals surface area contributed by atoms with Crippen molar-refractivity contribution in [1.29, 1.82) is 0 Å². The van der Waals surface area contributed by atoms with Gasteiger partial charge in [0, 0.05) is 6.54 Å². The first-order valence-corrected chi connectivity index (χ1v) is 9.60. The molecule has 2 rings (SSSR count). The number of nitrogens with zero attached hydrogens (tertiary/aromatic N) is 1. The summed E-state index contributed by atoms with van der Waals surface area (Å²) in [5, 5.41) is 2.97. The molecule has 154 valence electrons. The second kappa shape index (κ2) is 9.08. The van der Waals surface area contributed by atoms with Gasteiger partial charge in [0.2, 0.25) is 5.91 Å². The Morgan fingerprint density at radius 1 is 1.14 bits per heavy atom. The summed E-state index contributed by atoms with van der Waals surface area (Å²) in [7, 11) is 1.33. The lowest BCUT2D eigenvalue weighted by Crippen LogP contribution is -2.53. The molecule has 0 saturated carbocycles. The minimum absolute atomic E-state index is 0.199. The molecule has 0 aliphatic carbocycles. The first-order valence-electron chi connectivity index (χ1n) is 9.60. The average molecular weight is 390 g/mol. The Kier molecular flexibility index (Phi) is 7.05. The maximum atomic E-state index is 12.8. The predicted octanol–water partition coefficient (Wildman–Crippen LogP) is 3.44. The van der Waals surface area contributed by atoms with Crippen LogP contribution in [0.5, 0.6) is 0 Å². The van der Waals surface area contributed by atoms with Gasteiger partial charge in [-0.25, -0.2) is 9.59 Å². The lowest BCUT2D eigenvalue weighted by Gasteiger charge is -2.36. The minimum Gasteiger partial charge on any atom is -0.465 e. The molecule has 1 fully saturated rings.